The minimum Gasteiger partial charge on any atom is -0.460 e. The van der Waals surface area contributed by atoms with Crippen molar-refractivity contribution < 1.29 is 24.2 Å². The Morgan fingerprint density at radius 2 is 2.05 bits per heavy atom. The Bertz CT molecular complexity index is 430. The fourth-order valence-electron chi connectivity index (χ4n) is 2.15. The number of amides is 1. The maximum Gasteiger partial charge on any atom is 0.329 e. The molecule has 0 aliphatic carbocycles. The van der Waals surface area contributed by atoms with Gasteiger partial charge in [-0.2, -0.15) is 0 Å². The van der Waals surface area contributed by atoms with E-state index in [1.54, 1.807) is 0 Å². The number of nitrogens with zero attached hydrogens (tertiary/aromatic N) is 1. The molecule has 6 heteroatoms. The molecule has 1 rings (SSSR count). The van der Waals surface area contributed by atoms with Crippen LogP contribution in [0.15, 0.2) is 12.7 Å². The van der Waals surface area contributed by atoms with E-state index >= 15 is 0 Å². The number of hydrogen-bond donors (Lipinski definition) is 1. The molecular weight excluding hydrogens is 274 g/mol. The van der Waals surface area contributed by atoms with Crippen LogP contribution in [0.3, 0.4) is 0 Å². The molecule has 1 amide bonds. The lowest BCUT2D eigenvalue weighted by Crippen LogP contribution is -2.53. The number of esters is 1. The van der Waals surface area contributed by atoms with Crippen LogP contribution in [0.1, 0.15) is 33.1 Å². The van der Waals surface area contributed by atoms with Gasteiger partial charge < -0.3 is 14.7 Å². The monoisotopic (exact) mass is 297 g/mol. The Kier molecular flexibility index (Phi) is 6.08. The van der Waals surface area contributed by atoms with Gasteiger partial charge in [0, 0.05) is 6.54 Å². The molecule has 6 nitrogen and oxygen atoms in total. The highest BCUT2D eigenvalue weighted by atomic mass is 16.5. The molecule has 0 unspecified atom stereocenters. The molecule has 0 spiro atoms. The van der Waals surface area contributed by atoms with E-state index in [1.807, 2.05) is 0 Å². The highest BCUT2D eigenvalue weighted by Crippen LogP contribution is 2.23. The number of aliphatic hydroxyl groups excluding tert-OH is 1. The number of rotatable bonds is 6. The summed E-state index contributed by atoms with van der Waals surface area (Å²) in [5.41, 5.74) is -1.15. The minimum atomic E-state index is -1.15. The van der Waals surface area contributed by atoms with Crippen molar-refractivity contribution in [1.82, 2.24) is 4.90 Å². The van der Waals surface area contributed by atoms with Gasteiger partial charge in [0.15, 0.2) is 0 Å². The Morgan fingerprint density at radius 1 is 1.38 bits per heavy atom. The summed E-state index contributed by atoms with van der Waals surface area (Å²) >= 11 is 0. The lowest BCUT2D eigenvalue weighted by Gasteiger charge is -2.35. The number of carbonyl (C=O) groups is 3. The van der Waals surface area contributed by atoms with Crippen molar-refractivity contribution in [1.29, 1.82) is 0 Å². The van der Waals surface area contributed by atoms with E-state index < -0.39 is 35.7 Å². The first-order valence-electron chi connectivity index (χ1n) is 7.09. The second-order valence-electron chi connectivity index (χ2n) is 5.80. The molecule has 1 N–H and O–H groups in total. The van der Waals surface area contributed by atoms with Crippen molar-refractivity contribution in [2.75, 3.05) is 19.8 Å². The molecule has 0 aromatic rings. The standard InChI is InChI=1S/C15H23NO5/c1-4-9-21-14(20)11-7-5-6-8-16(11)13(19)12(18)15(2,3)10-17/h4,11,17H,1,5-10H2,2-3H3/t11-/m0/s1. The summed E-state index contributed by atoms with van der Waals surface area (Å²) in [6, 6.07) is -0.732. The molecule has 0 saturated carbocycles. The molecule has 118 valence electrons. The second-order valence-corrected chi connectivity index (χ2v) is 5.80. The third-order valence-corrected chi connectivity index (χ3v) is 3.58. The van der Waals surface area contributed by atoms with E-state index in [0.717, 1.165) is 12.8 Å². The van der Waals surface area contributed by atoms with E-state index in [2.05, 4.69) is 6.58 Å². The largest absolute Gasteiger partial charge is 0.460 e. The second kappa shape index (κ2) is 7.36. The summed E-state index contributed by atoms with van der Waals surface area (Å²) < 4.78 is 4.99. The molecule has 0 aromatic carbocycles. The van der Waals surface area contributed by atoms with E-state index in [4.69, 9.17) is 4.74 Å². The summed E-state index contributed by atoms with van der Waals surface area (Å²) in [6.07, 6.45) is 3.47. The van der Waals surface area contributed by atoms with Gasteiger partial charge in [0.1, 0.15) is 12.6 Å². The van der Waals surface area contributed by atoms with Gasteiger partial charge in [0.2, 0.25) is 5.78 Å². The predicted molar refractivity (Wildman–Crippen MR) is 76.4 cm³/mol. The zero-order chi connectivity index (χ0) is 16.0. The van der Waals surface area contributed by atoms with Gasteiger partial charge in [-0.25, -0.2) is 4.79 Å². The van der Waals surface area contributed by atoms with Crippen LogP contribution < -0.4 is 0 Å². The molecule has 1 aliphatic heterocycles. The Balaban J connectivity index is 2.86. The van der Waals surface area contributed by atoms with Crippen molar-refractivity contribution in [2.24, 2.45) is 5.41 Å². The molecule has 0 radical (unpaired) electrons. The van der Waals surface area contributed by atoms with Gasteiger partial charge >= 0.3 is 5.97 Å². The molecule has 1 aliphatic rings. The van der Waals surface area contributed by atoms with E-state index in [9.17, 15) is 19.5 Å². The van der Waals surface area contributed by atoms with Gasteiger partial charge in [0.05, 0.1) is 12.0 Å². The first kappa shape index (κ1) is 17.4. The first-order valence-corrected chi connectivity index (χ1v) is 7.09. The Hall–Kier alpha value is -1.69. The molecule has 1 saturated heterocycles. The van der Waals surface area contributed by atoms with Crippen LogP contribution in [0, 0.1) is 5.41 Å². The number of ketones is 1. The normalized spacial score (nSPS) is 19.0. The predicted octanol–water partition coefficient (Wildman–Crippen LogP) is 0.684. The van der Waals surface area contributed by atoms with Crippen LogP contribution >= 0.6 is 0 Å². The number of ether oxygens (including phenoxy) is 1. The van der Waals surface area contributed by atoms with Crippen molar-refractivity contribution in [3.8, 4) is 0 Å². The van der Waals surface area contributed by atoms with Crippen molar-refractivity contribution in [3.05, 3.63) is 12.7 Å². The molecule has 1 fully saturated rings. The van der Waals surface area contributed by atoms with Crippen LogP contribution in [-0.2, 0) is 19.1 Å². The molecule has 21 heavy (non-hydrogen) atoms. The first-order chi connectivity index (χ1) is 9.85. The minimum absolute atomic E-state index is 0.0768. The quantitative estimate of drug-likeness (QED) is 0.443. The van der Waals surface area contributed by atoms with Gasteiger partial charge in [-0.1, -0.05) is 26.5 Å². The molecule has 0 aromatic heterocycles. The lowest BCUT2D eigenvalue weighted by molar-refractivity contribution is -0.160. The van der Waals surface area contributed by atoms with Crippen LogP contribution in [-0.4, -0.2) is 53.5 Å². The number of hydrogen-bond acceptors (Lipinski definition) is 5. The lowest BCUT2D eigenvalue weighted by atomic mass is 9.87. The van der Waals surface area contributed by atoms with Crippen molar-refractivity contribution >= 4 is 17.7 Å². The van der Waals surface area contributed by atoms with Crippen LogP contribution in [0.4, 0.5) is 0 Å². The number of Topliss-reactive ketones (excluding diaryl/α,β-unsaturated/α-hetero) is 1. The molecular formula is C15H23NO5. The fourth-order valence-corrected chi connectivity index (χ4v) is 2.15. The zero-order valence-electron chi connectivity index (χ0n) is 12.6. The average molecular weight is 297 g/mol. The third kappa shape index (κ3) is 4.14. The van der Waals surface area contributed by atoms with Crippen LogP contribution in [0.2, 0.25) is 0 Å². The van der Waals surface area contributed by atoms with E-state index in [0.29, 0.717) is 13.0 Å². The van der Waals surface area contributed by atoms with Crippen molar-refractivity contribution in [3.63, 3.8) is 0 Å². The Labute approximate surface area is 124 Å². The van der Waals surface area contributed by atoms with E-state index in [-0.39, 0.29) is 6.61 Å². The van der Waals surface area contributed by atoms with E-state index in [1.165, 1.54) is 24.8 Å². The average Bonchev–Trinajstić information content (AvgIpc) is 2.51. The van der Waals surface area contributed by atoms with Gasteiger partial charge in [-0.3, -0.25) is 9.59 Å². The third-order valence-electron chi connectivity index (χ3n) is 3.58. The number of aliphatic hydroxyl groups is 1. The molecule has 1 atom stereocenters. The highest BCUT2D eigenvalue weighted by Gasteiger charge is 2.40. The summed E-state index contributed by atoms with van der Waals surface area (Å²) in [5.74, 6) is -1.93. The summed E-state index contributed by atoms with van der Waals surface area (Å²) in [7, 11) is 0. The fraction of sp³-hybridized carbons (Fsp3) is 0.667. The topological polar surface area (TPSA) is 83.9 Å². The number of carbonyl (C=O) groups excluding carboxylic acids is 3. The summed E-state index contributed by atoms with van der Waals surface area (Å²) in [4.78, 5) is 37.7. The molecule has 0 bridgehead atoms. The highest BCUT2D eigenvalue weighted by molar-refractivity contribution is 6.38. The molecule has 1 heterocycles. The van der Waals surface area contributed by atoms with Gasteiger partial charge in [-0.15, -0.1) is 0 Å². The maximum absolute atomic E-state index is 12.3. The van der Waals surface area contributed by atoms with Crippen molar-refractivity contribution in [2.45, 2.75) is 39.2 Å². The maximum atomic E-state index is 12.3. The van der Waals surface area contributed by atoms with Gasteiger partial charge in [0.25, 0.3) is 5.91 Å². The Morgan fingerprint density at radius 3 is 2.62 bits per heavy atom. The smallest absolute Gasteiger partial charge is 0.329 e. The SMILES string of the molecule is C=CCOC(=O)[C@@H]1CCCCN1C(=O)C(=O)C(C)(C)CO. The summed E-state index contributed by atoms with van der Waals surface area (Å²) in [6.45, 7) is 6.47. The zero-order valence-corrected chi connectivity index (χ0v) is 12.6. The number of likely N-dealkylation sites (tertiary alicyclic amines) is 1. The van der Waals surface area contributed by atoms with Crippen LogP contribution in [0.25, 0.3) is 0 Å². The number of piperidine rings is 1. The van der Waals surface area contributed by atoms with Gasteiger partial charge in [-0.05, 0) is 19.3 Å². The summed E-state index contributed by atoms with van der Waals surface area (Å²) in [5, 5.41) is 9.21. The van der Waals surface area contributed by atoms with Crippen LogP contribution in [0.5, 0.6) is 0 Å².